The van der Waals surface area contributed by atoms with Crippen LogP contribution in [0.5, 0.6) is 0 Å². The number of nitrogens with zero attached hydrogens (tertiary/aromatic N) is 1. The Kier molecular flexibility index (Phi) is 20.3. The Morgan fingerprint density at radius 2 is 0.923 bits per heavy atom. The Hall–Kier alpha value is -0.570. The highest BCUT2D eigenvalue weighted by Crippen LogP contribution is 2.11. The van der Waals surface area contributed by atoms with Crippen molar-refractivity contribution in [3.8, 4) is 0 Å². The van der Waals surface area contributed by atoms with Crippen LogP contribution in [0.15, 0.2) is 0 Å². The molecule has 1 N–H and O–H groups in total. The summed E-state index contributed by atoms with van der Waals surface area (Å²) in [5.74, 6) is -0.657. The monoisotopic (exact) mass is 369 g/mol. The first kappa shape index (κ1) is 25.4. The molecule has 0 aromatic rings. The summed E-state index contributed by atoms with van der Waals surface area (Å²) >= 11 is 0. The molecule has 0 spiro atoms. The van der Waals surface area contributed by atoms with E-state index in [0.29, 0.717) is 6.42 Å². The minimum absolute atomic E-state index is 0.322. The Bertz CT molecular complexity index is 276. The molecule has 0 amide bonds. The first-order valence-corrected chi connectivity index (χ1v) is 11.6. The van der Waals surface area contributed by atoms with Crippen LogP contribution in [0.4, 0.5) is 0 Å². The Morgan fingerprint density at radius 1 is 0.577 bits per heavy atom. The minimum atomic E-state index is -0.657. The second kappa shape index (κ2) is 20.7. The van der Waals surface area contributed by atoms with Crippen LogP contribution in [0.3, 0.4) is 0 Å². The maximum atomic E-state index is 10.7. The van der Waals surface area contributed by atoms with E-state index in [4.69, 9.17) is 5.11 Å². The van der Waals surface area contributed by atoms with Gasteiger partial charge in [-0.3, -0.25) is 4.79 Å². The lowest BCUT2D eigenvalue weighted by Gasteiger charge is -2.22. The smallest absolute Gasteiger partial charge is 0.303 e. The summed E-state index contributed by atoms with van der Waals surface area (Å²) in [6, 6.07) is 0. The Labute approximate surface area is 163 Å². The predicted octanol–water partition coefficient (Wildman–Crippen LogP) is 7.04. The van der Waals surface area contributed by atoms with E-state index in [2.05, 4.69) is 18.7 Å². The van der Waals surface area contributed by atoms with E-state index in [0.717, 1.165) is 19.4 Å². The molecule has 0 aliphatic heterocycles. The molecule has 3 heteroatoms. The van der Waals surface area contributed by atoms with E-state index in [9.17, 15) is 4.79 Å². The first-order valence-electron chi connectivity index (χ1n) is 11.6. The molecule has 0 atom stereocenters. The van der Waals surface area contributed by atoms with E-state index >= 15 is 0 Å². The molecule has 0 fully saturated rings. The normalized spacial score (nSPS) is 11.3. The summed E-state index contributed by atoms with van der Waals surface area (Å²) in [6.45, 7) is 8.03. The topological polar surface area (TPSA) is 40.5 Å². The van der Waals surface area contributed by atoms with Crippen molar-refractivity contribution in [3.63, 3.8) is 0 Å². The molecule has 0 rings (SSSR count). The summed E-state index contributed by atoms with van der Waals surface area (Å²) in [4.78, 5) is 13.3. The van der Waals surface area contributed by atoms with Gasteiger partial charge in [-0.05, 0) is 45.3 Å². The fourth-order valence-corrected chi connectivity index (χ4v) is 3.53. The Morgan fingerprint density at radius 3 is 1.31 bits per heavy atom. The van der Waals surface area contributed by atoms with E-state index in [1.807, 2.05) is 0 Å². The van der Waals surface area contributed by atoms with Gasteiger partial charge in [-0.25, -0.2) is 0 Å². The third-order valence-electron chi connectivity index (χ3n) is 5.27. The fourth-order valence-electron chi connectivity index (χ4n) is 3.53. The quantitative estimate of drug-likeness (QED) is 0.220. The standard InChI is InChI=1S/C23H47NO2/c1-3-5-7-9-11-13-16-20-24(22-18-15-19-23(25)26)21-17-14-12-10-8-6-4-2/h3-22H2,1-2H3,(H,25,26). The summed E-state index contributed by atoms with van der Waals surface area (Å²) < 4.78 is 0. The van der Waals surface area contributed by atoms with Crippen LogP contribution >= 0.6 is 0 Å². The second-order valence-electron chi connectivity index (χ2n) is 7.94. The highest BCUT2D eigenvalue weighted by Gasteiger charge is 2.06. The molecule has 0 unspecified atom stereocenters. The molecule has 0 aliphatic rings. The summed E-state index contributed by atoms with van der Waals surface area (Å²) in [5.41, 5.74) is 0. The average molecular weight is 370 g/mol. The summed E-state index contributed by atoms with van der Waals surface area (Å²) in [5, 5.41) is 8.79. The van der Waals surface area contributed by atoms with Crippen LogP contribution in [0.1, 0.15) is 123 Å². The zero-order valence-electron chi connectivity index (χ0n) is 17.9. The van der Waals surface area contributed by atoms with Gasteiger partial charge in [0.15, 0.2) is 0 Å². The molecular weight excluding hydrogens is 322 g/mol. The number of hydrogen-bond acceptors (Lipinski definition) is 2. The maximum Gasteiger partial charge on any atom is 0.303 e. The van der Waals surface area contributed by atoms with Crippen molar-refractivity contribution in [2.24, 2.45) is 0 Å². The molecular formula is C23H47NO2. The van der Waals surface area contributed by atoms with E-state index in [1.165, 1.54) is 103 Å². The van der Waals surface area contributed by atoms with Crippen molar-refractivity contribution in [2.75, 3.05) is 19.6 Å². The van der Waals surface area contributed by atoms with Crippen molar-refractivity contribution in [1.29, 1.82) is 0 Å². The van der Waals surface area contributed by atoms with Gasteiger partial charge in [0.1, 0.15) is 0 Å². The fraction of sp³-hybridized carbons (Fsp3) is 0.957. The number of carboxylic acid groups (broad SMARTS) is 1. The third-order valence-corrected chi connectivity index (χ3v) is 5.27. The van der Waals surface area contributed by atoms with Gasteiger partial charge in [0, 0.05) is 6.42 Å². The van der Waals surface area contributed by atoms with Crippen LogP contribution in [-0.4, -0.2) is 35.6 Å². The molecule has 3 nitrogen and oxygen atoms in total. The number of rotatable bonds is 21. The van der Waals surface area contributed by atoms with Gasteiger partial charge in [-0.15, -0.1) is 0 Å². The highest BCUT2D eigenvalue weighted by atomic mass is 16.4. The first-order chi connectivity index (χ1) is 12.7. The largest absolute Gasteiger partial charge is 0.481 e. The minimum Gasteiger partial charge on any atom is -0.481 e. The lowest BCUT2D eigenvalue weighted by molar-refractivity contribution is -0.137. The molecule has 0 heterocycles. The van der Waals surface area contributed by atoms with Gasteiger partial charge in [-0.1, -0.05) is 90.9 Å². The average Bonchev–Trinajstić information content (AvgIpc) is 2.62. The van der Waals surface area contributed by atoms with Crippen LogP contribution in [0.25, 0.3) is 0 Å². The van der Waals surface area contributed by atoms with E-state index in [1.54, 1.807) is 0 Å². The zero-order chi connectivity index (χ0) is 19.3. The molecule has 0 aliphatic carbocycles. The molecule has 156 valence electrons. The van der Waals surface area contributed by atoms with Gasteiger partial charge in [-0.2, -0.15) is 0 Å². The molecule has 0 aromatic carbocycles. The highest BCUT2D eigenvalue weighted by molar-refractivity contribution is 5.66. The summed E-state index contributed by atoms with van der Waals surface area (Å²) in [6.07, 6.45) is 21.2. The van der Waals surface area contributed by atoms with Gasteiger partial charge in [0.25, 0.3) is 0 Å². The summed E-state index contributed by atoms with van der Waals surface area (Å²) in [7, 11) is 0. The van der Waals surface area contributed by atoms with E-state index in [-0.39, 0.29) is 0 Å². The van der Waals surface area contributed by atoms with Gasteiger partial charge < -0.3 is 10.0 Å². The number of aliphatic carboxylic acids is 1. The molecule has 0 saturated heterocycles. The third kappa shape index (κ3) is 19.8. The SMILES string of the molecule is CCCCCCCCCN(CCCCCCCCC)CCCCC(=O)O. The predicted molar refractivity (Wildman–Crippen MR) is 114 cm³/mol. The molecule has 0 aromatic heterocycles. The number of carboxylic acids is 1. The number of unbranched alkanes of at least 4 members (excludes halogenated alkanes) is 13. The van der Waals surface area contributed by atoms with Crippen LogP contribution in [-0.2, 0) is 4.79 Å². The lowest BCUT2D eigenvalue weighted by atomic mass is 10.1. The van der Waals surface area contributed by atoms with Gasteiger partial charge >= 0.3 is 5.97 Å². The lowest BCUT2D eigenvalue weighted by Crippen LogP contribution is -2.27. The van der Waals surface area contributed by atoms with Crippen molar-refractivity contribution in [2.45, 2.75) is 123 Å². The Balaban J connectivity index is 3.80. The molecule has 0 saturated carbocycles. The number of carbonyl (C=O) groups is 1. The van der Waals surface area contributed by atoms with Crippen LogP contribution in [0.2, 0.25) is 0 Å². The van der Waals surface area contributed by atoms with Crippen molar-refractivity contribution in [1.82, 2.24) is 4.90 Å². The number of hydrogen-bond donors (Lipinski definition) is 1. The van der Waals surface area contributed by atoms with Crippen LogP contribution < -0.4 is 0 Å². The molecule has 0 radical (unpaired) electrons. The molecule has 0 bridgehead atoms. The van der Waals surface area contributed by atoms with Gasteiger partial charge in [0.05, 0.1) is 0 Å². The van der Waals surface area contributed by atoms with Gasteiger partial charge in [0.2, 0.25) is 0 Å². The second-order valence-corrected chi connectivity index (χ2v) is 7.94. The van der Waals surface area contributed by atoms with E-state index < -0.39 is 5.97 Å². The maximum absolute atomic E-state index is 10.7. The van der Waals surface area contributed by atoms with Crippen molar-refractivity contribution < 1.29 is 9.90 Å². The zero-order valence-corrected chi connectivity index (χ0v) is 17.9. The van der Waals surface area contributed by atoms with Crippen LogP contribution in [0, 0.1) is 0 Å². The molecule has 26 heavy (non-hydrogen) atoms. The van der Waals surface area contributed by atoms with Crippen molar-refractivity contribution in [3.05, 3.63) is 0 Å². The van der Waals surface area contributed by atoms with Crippen molar-refractivity contribution >= 4 is 5.97 Å².